The molecule has 0 unspecified atom stereocenters. The van der Waals surface area contributed by atoms with Crippen LogP contribution in [0.5, 0.6) is 0 Å². The fourth-order valence-corrected chi connectivity index (χ4v) is 4.22. The molecule has 142 valence electrons. The van der Waals surface area contributed by atoms with Crippen molar-refractivity contribution in [2.45, 2.75) is 9.79 Å². The predicted octanol–water partition coefficient (Wildman–Crippen LogP) is -0.224. The van der Waals surface area contributed by atoms with Crippen molar-refractivity contribution in [1.29, 1.82) is 0 Å². The van der Waals surface area contributed by atoms with Crippen molar-refractivity contribution in [3.8, 4) is 0 Å². The zero-order chi connectivity index (χ0) is 19.8. The zero-order valence-electron chi connectivity index (χ0n) is 13.0. The summed E-state index contributed by atoms with van der Waals surface area (Å²) in [4.78, 5) is 16.4. The average molecular weight is 432 g/mol. The average Bonchev–Trinajstić information content (AvgIpc) is 3.03. The van der Waals surface area contributed by atoms with Crippen molar-refractivity contribution >= 4 is 54.7 Å². The van der Waals surface area contributed by atoms with Gasteiger partial charge in [0.1, 0.15) is 21.5 Å². The topological polar surface area (TPSA) is 193 Å². The molecule has 12 nitrogen and oxygen atoms in total. The van der Waals surface area contributed by atoms with E-state index in [1.54, 1.807) is 0 Å². The summed E-state index contributed by atoms with van der Waals surface area (Å²) in [5.41, 5.74) is 0.500. The Labute approximate surface area is 156 Å². The quantitative estimate of drug-likeness (QED) is 0.405. The molecule has 3 heterocycles. The summed E-state index contributed by atoms with van der Waals surface area (Å²) in [7, 11) is -8.01. The van der Waals surface area contributed by atoms with E-state index >= 15 is 0 Å². The van der Waals surface area contributed by atoms with Gasteiger partial charge in [-0.1, -0.05) is 11.6 Å². The van der Waals surface area contributed by atoms with Crippen molar-refractivity contribution in [3.05, 3.63) is 40.0 Å². The largest absolute Gasteiger partial charge is 0.344 e. The van der Waals surface area contributed by atoms with Crippen molar-refractivity contribution in [2.24, 2.45) is 9.54 Å². The number of H-pyrrole nitrogens is 2. The summed E-state index contributed by atoms with van der Waals surface area (Å²) in [6, 6.07) is 2.05. The summed E-state index contributed by atoms with van der Waals surface area (Å²) in [5.74, 6) is 0. The molecule has 4 rings (SSSR count). The monoisotopic (exact) mass is 431 g/mol. The van der Waals surface area contributed by atoms with E-state index in [-0.39, 0.29) is 21.2 Å². The first-order valence-electron chi connectivity index (χ1n) is 6.88. The van der Waals surface area contributed by atoms with Crippen LogP contribution in [0, 0.1) is 0 Å². The van der Waals surface area contributed by atoms with Crippen LogP contribution in [0.1, 0.15) is 0 Å². The van der Waals surface area contributed by atoms with Gasteiger partial charge in [-0.2, -0.15) is 13.5 Å². The maximum atomic E-state index is 11.5. The van der Waals surface area contributed by atoms with Gasteiger partial charge < -0.3 is 10.3 Å². The molecule has 15 heteroatoms. The van der Waals surface area contributed by atoms with Crippen LogP contribution in [0.4, 0.5) is 5.69 Å². The number of hydrogen-bond donors (Lipinski definition) is 4. The first-order chi connectivity index (χ1) is 12.6. The Morgan fingerprint density at radius 3 is 2.63 bits per heavy atom. The number of aromatic nitrogens is 4. The Morgan fingerprint density at radius 1 is 1.22 bits per heavy atom. The lowest BCUT2D eigenvalue weighted by Gasteiger charge is -2.14. The smallest absolute Gasteiger partial charge is 0.285 e. The number of nitrogens with zero attached hydrogens (tertiary/aromatic N) is 3. The van der Waals surface area contributed by atoms with E-state index in [0.717, 1.165) is 12.4 Å². The molecule has 0 atom stereocenters. The summed E-state index contributed by atoms with van der Waals surface area (Å²) in [6.45, 7) is 0. The number of nitrogens with two attached hydrogens (primary N) is 1. The molecule has 1 aliphatic heterocycles. The van der Waals surface area contributed by atoms with Crippen molar-refractivity contribution in [1.82, 2.24) is 20.2 Å². The Kier molecular flexibility index (Phi) is 4.73. The van der Waals surface area contributed by atoms with Gasteiger partial charge in [0, 0.05) is 0 Å². The molecule has 0 amide bonds. The molecule has 0 saturated heterocycles. The van der Waals surface area contributed by atoms with Gasteiger partial charge in [-0.25, -0.2) is 18.5 Å². The highest BCUT2D eigenvalue weighted by atomic mass is 35.5. The van der Waals surface area contributed by atoms with E-state index in [2.05, 4.69) is 29.9 Å². The second-order valence-electron chi connectivity index (χ2n) is 5.04. The number of halogens is 1. The molecule has 5 N–H and O–H groups in total. The third-order valence-electron chi connectivity index (χ3n) is 3.28. The van der Waals surface area contributed by atoms with Crippen LogP contribution in [0.3, 0.4) is 0 Å². The predicted molar refractivity (Wildman–Crippen MR) is 96.6 cm³/mol. The lowest BCUT2D eigenvalue weighted by Crippen LogP contribution is -2.16. The molecule has 0 bridgehead atoms. The van der Waals surface area contributed by atoms with Gasteiger partial charge in [-0.3, -0.25) is 9.89 Å². The van der Waals surface area contributed by atoms with Gasteiger partial charge in [0.15, 0.2) is 5.65 Å². The fourth-order valence-electron chi connectivity index (χ4n) is 2.08. The summed E-state index contributed by atoms with van der Waals surface area (Å²) in [6.07, 6.45) is 3.76. The minimum atomic E-state index is -4.09. The molecule has 0 aliphatic carbocycles. The third-order valence-corrected chi connectivity index (χ3v) is 5.94. The molecule has 0 saturated carbocycles. The number of rotatable bonds is 1. The second kappa shape index (κ2) is 6.73. The summed E-state index contributed by atoms with van der Waals surface area (Å²) >= 11 is 5.70. The SMILES string of the molecule is NS(=O)(=O)c1cc2c(cc1Cl)NC=NS2(=O)=O.O=c1[nH]cnc2[nH]ncc12. The van der Waals surface area contributed by atoms with E-state index in [1.807, 2.05) is 0 Å². The first kappa shape index (κ1) is 19.0. The Balaban J connectivity index is 0.000000177. The van der Waals surface area contributed by atoms with Gasteiger partial charge in [-0.05, 0) is 12.1 Å². The number of hydrogen-bond acceptors (Lipinski definition) is 8. The normalized spacial score (nSPS) is 14.7. The number of benzene rings is 1. The van der Waals surface area contributed by atoms with Crippen LogP contribution >= 0.6 is 11.6 Å². The van der Waals surface area contributed by atoms with Gasteiger partial charge in [0.05, 0.1) is 23.2 Å². The fraction of sp³-hybridized carbons (Fsp3) is 0. The number of sulfonamides is 2. The molecule has 3 aromatic rings. The molecule has 0 fully saturated rings. The third kappa shape index (κ3) is 3.82. The lowest BCUT2D eigenvalue weighted by molar-refractivity contribution is 0.596. The van der Waals surface area contributed by atoms with Crippen LogP contribution in [0.25, 0.3) is 11.0 Å². The Morgan fingerprint density at radius 2 is 1.96 bits per heavy atom. The first-order valence-corrected chi connectivity index (χ1v) is 10.2. The van der Waals surface area contributed by atoms with Gasteiger partial charge in [0.2, 0.25) is 10.0 Å². The van der Waals surface area contributed by atoms with Crippen LogP contribution < -0.4 is 16.0 Å². The van der Waals surface area contributed by atoms with E-state index in [4.69, 9.17) is 16.7 Å². The van der Waals surface area contributed by atoms with Crippen LogP contribution in [-0.4, -0.2) is 43.3 Å². The molecule has 1 aromatic carbocycles. The highest BCUT2D eigenvalue weighted by molar-refractivity contribution is 7.91. The van der Waals surface area contributed by atoms with Gasteiger partial charge in [-0.15, -0.1) is 4.40 Å². The van der Waals surface area contributed by atoms with Crippen molar-refractivity contribution in [2.75, 3.05) is 5.32 Å². The van der Waals surface area contributed by atoms with Gasteiger partial charge in [0.25, 0.3) is 15.6 Å². The van der Waals surface area contributed by atoms with E-state index in [0.29, 0.717) is 11.0 Å². The molecular formula is C12H10ClN7O5S2. The van der Waals surface area contributed by atoms with Gasteiger partial charge >= 0.3 is 0 Å². The van der Waals surface area contributed by atoms with Crippen molar-refractivity contribution < 1.29 is 16.8 Å². The van der Waals surface area contributed by atoms with Crippen molar-refractivity contribution in [3.63, 3.8) is 0 Å². The van der Waals surface area contributed by atoms with E-state index in [1.165, 1.54) is 18.6 Å². The second-order valence-corrected chi connectivity index (χ2v) is 8.58. The minimum Gasteiger partial charge on any atom is -0.344 e. The number of anilines is 1. The Hall–Kier alpha value is -2.81. The van der Waals surface area contributed by atoms with Crippen LogP contribution in [-0.2, 0) is 20.0 Å². The highest BCUT2D eigenvalue weighted by Crippen LogP contribution is 2.33. The van der Waals surface area contributed by atoms with E-state index in [9.17, 15) is 21.6 Å². The Bertz CT molecular complexity index is 1330. The summed E-state index contributed by atoms with van der Waals surface area (Å²) in [5, 5.41) is 14.0. The maximum absolute atomic E-state index is 11.5. The van der Waals surface area contributed by atoms with Crippen LogP contribution in [0.15, 0.2) is 43.6 Å². The number of aromatic amines is 2. The number of fused-ring (bicyclic) bond motifs is 2. The van der Waals surface area contributed by atoms with E-state index < -0.39 is 24.9 Å². The molecule has 27 heavy (non-hydrogen) atoms. The standard InChI is InChI=1S/C7H6ClN3O4S2.C5H4N4O/c8-4-1-5-7(2-6(4)16(9,12)13)17(14,15)11-3-10-5;10-5-3-1-8-9-4(3)6-2-7-5/h1-3H,(H,10,11)(H2,9,12,13);1-2H,(H2,6,7,8,9,10). The minimum absolute atomic E-state index is 0.150. The summed E-state index contributed by atoms with van der Waals surface area (Å²) < 4.78 is 48.7. The highest BCUT2D eigenvalue weighted by Gasteiger charge is 2.25. The molecular weight excluding hydrogens is 422 g/mol. The zero-order valence-corrected chi connectivity index (χ0v) is 15.4. The van der Waals surface area contributed by atoms with Crippen LogP contribution in [0.2, 0.25) is 5.02 Å². The molecule has 2 aromatic heterocycles. The maximum Gasteiger partial charge on any atom is 0.285 e. The molecule has 0 radical (unpaired) electrons. The number of primary sulfonamides is 1. The number of nitrogens with one attached hydrogen (secondary N) is 3. The molecule has 0 spiro atoms. The lowest BCUT2D eigenvalue weighted by atomic mass is 10.3. The molecule has 1 aliphatic rings.